The van der Waals surface area contributed by atoms with Crippen LogP contribution in [0.1, 0.15) is 23.7 Å². The van der Waals surface area contributed by atoms with Crippen molar-refractivity contribution in [2.45, 2.75) is 13.3 Å². The van der Waals surface area contributed by atoms with Gasteiger partial charge in [0.05, 0.1) is 29.7 Å². The number of fused-ring (bicyclic) bond motifs is 5. The predicted molar refractivity (Wildman–Crippen MR) is 121 cm³/mol. The van der Waals surface area contributed by atoms with Crippen LogP contribution < -0.4 is 5.32 Å². The van der Waals surface area contributed by atoms with Gasteiger partial charge in [-0.05, 0) is 48.4 Å². The molecule has 2 fully saturated rings. The van der Waals surface area contributed by atoms with Gasteiger partial charge in [-0.25, -0.2) is 4.79 Å². The maximum Gasteiger partial charge on any atom is 0.340 e. The number of ether oxygens (including phenoxy) is 1. The number of esters is 1. The maximum atomic E-state index is 12.9. The van der Waals surface area contributed by atoms with Crippen molar-refractivity contribution in [2.24, 2.45) is 23.7 Å². The molecule has 1 N–H and O–H groups in total. The molecule has 33 heavy (non-hydrogen) atoms. The number of carbonyl (C=O) groups excluding carboxylic acids is 4. The summed E-state index contributed by atoms with van der Waals surface area (Å²) in [5.74, 6) is -2.16. The van der Waals surface area contributed by atoms with E-state index in [0.29, 0.717) is 0 Å². The standard InChI is InChI=1S/C26H24N2O5/c1-2-33-26(32)19-13-16(15-6-4-3-5-7-15)10-11-20(19)27-21(29)14-28-24(30)22-17-8-9-18(12-17)23(22)25(28)31/h3-11,13,17-18,22-23H,2,12,14H2,1H3,(H,27,29). The first-order valence-corrected chi connectivity index (χ1v) is 11.2. The lowest BCUT2D eigenvalue weighted by molar-refractivity contribution is -0.143. The van der Waals surface area contributed by atoms with E-state index in [1.165, 1.54) is 0 Å². The number of allylic oxidation sites excluding steroid dienone is 2. The molecule has 0 radical (unpaired) electrons. The third kappa shape index (κ3) is 3.63. The van der Waals surface area contributed by atoms with Crippen molar-refractivity contribution in [3.63, 3.8) is 0 Å². The van der Waals surface area contributed by atoms with Gasteiger partial charge in [0.25, 0.3) is 0 Å². The first kappa shape index (κ1) is 21.1. The lowest BCUT2D eigenvalue weighted by Gasteiger charge is -2.18. The lowest BCUT2D eigenvalue weighted by atomic mass is 9.85. The molecule has 0 aromatic heterocycles. The summed E-state index contributed by atoms with van der Waals surface area (Å²) < 4.78 is 5.17. The Morgan fingerprint density at radius 1 is 0.970 bits per heavy atom. The van der Waals surface area contributed by atoms with Crippen molar-refractivity contribution < 1.29 is 23.9 Å². The molecule has 1 saturated heterocycles. The first-order valence-electron chi connectivity index (χ1n) is 11.2. The number of rotatable bonds is 6. The van der Waals surface area contributed by atoms with Gasteiger partial charge in [-0.3, -0.25) is 19.3 Å². The molecule has 2 aromatic carbocycles. The Hall–Kier alpha value is -3.74. The second-order valence-electron chi connectivity index (χ2n) is 8.66. The smallest absolute Gasteiger partial charge is 0.340 e. The van der Waals surface area contributed by atoms with E-state index in [1.54, 1.807) is 25.1 Å². The number of hydrogen-bond acceptors (Lipinski definition) is 5. The van der Waals surface area contributed by atoms with Crippen LogP contribution in [0.3, 0.4) is 0 Å². The Balaban J connectivity index is 1.35. The molecule has 3 aliphatic rings. The summed E-state index contributed by atoms with van der Waals surface area (Å²) in [4.78, 5) is 52.2. The van der Waals surface area contributed by atoms with Crippen molar-refractivity contribution >= 4 is 29.4 Å². The van der Waals surface area contributed by atoms with Gasteiger partial charge in [0.15, 0.2) is 0 Å². The summed E-state index contributed by atoms with van der Waals surface area (Å²) >= 11 is 0. The fourth-order valence-electron chi connectivity index (χ4n) is 5.29. The van der Waals surface area contributed by atoms with Crippen LogP contribution in [0.25, 0.3) is 11.1 Å². The van der Waals surface area contributed by atoms with Gasteiger partial charge in [0, 0.05) is 0 Å². The van der Waals surface area contributed by atoms with Crippen molar-refractivity contribution in [1.29, 1.82) is 0 Å². The van der Waals surface area contributed by atoms with E-state index in [-0.39, 0.29) is 59.9 Å². The van der Waals surface area contributed by atoms with Gasteiger partial charge in [0.1, 0.15) is 6.54 Å². The van der Waals surface area contributed by atoms with Crippen molar-refractivity contribution in [3.8, 4) is 11.1 Å². The molecule has 7 heteroatoms. The van der Waals surface area contributed by atoms with Crippen molar-refractivity contribution in [2.75, 3.05) is 18.5 Å². The fraction of sp³-hybridized carbons (Fsp3) is 0.308. The van der Waals surface area contributed by atoms with Crippen LogP contribution in [-0.2, 0) is 19.1 Å². The molecule has 0 spiro atoms. The van der Waals surface area contributed by atoms with E-state index in [2.05, 4.69) is 5.32 Å². The topological polar surface area (TPSA) is 92.8 Å². The number of imide groups is 1. The summed E-state index contributed by atoms with van der Waals surface area (Å²) in [5, 5.41) is 2.70. The van der Waals surface area contributed by atoms with Gasteiger partial charge in [0.2, 0.25) is 17.7 Å². The van der Waals surface area contributed by atoms with Crippen LogP contribution in [-0.4, -0.2) is 41.7 Å². The Bertz CT molecular complexity index is 1140. The normalized spacial score (nSPS) is 24.8. The summed E-state index contributed by atoms with van der Waals surface area (Å²) in [5.41, 5.74) is 2.21. The second-order valence-corrected chi connectivity index (χ2v) is 8.66. The zero-order chi connectivity index (χ0) is 23.1. The molecular formula is C26H24N2O5. The van der Waals surface area contributed by atoms with E-state index < -0.39 is 11.9 Å². The minimum atomic E-state index is -0.559. The van der Waals surface area contributed by atoms with Crippen molar-refractivity contribution in [1.82, 2.24) is 4.90 Å². The Morgan fingerprint density at radius 2 is 1.64 bits per heavy atom. The minimum absolute atomic E-state index is 0.0884. The van der Waals surface area contributed by atoms with E-state index in [1.807, 2.05) is 42.5 Å². The number of anilines is 1. The summed E-state index contributed by atoms with van der Waals surface area (Å²) in [6.45, 7) is 1.53. The highest BCUT2D eigenvalue weighted by molar-refractivity contribution is 6.10. The van der Waals surface area contributed by atoms with Gasteiger partial charge >= 0.3 is 5.97 Å². The number of likely N-dealkylation sites (tertiary alicyclic amines) is 1. The fourth-order valence-corrected chi connectivity index (χ4v) is 5.29. The number of nitrogens with zero attached hydrogens (tertiary/aromatic N) is 1. The monoisotopic (exact) mass is 444 g/mol. The zero-order valence-electron chi connectivity index (χ0n) is 18.2. The molecule has 4 atom stereocenters. The second kappa shape index (κ2) is 8.31. The Kier molecular flexibility index (Phi) is 5.32. The molecule has 2 bridgehead atoms. The first-order chi connectivity index (χ1) is 16.0. The number of carbonyl (C=O) groups is 4. The number of nitrogens with one attached hydrogen (secondary N) is 1. The lowest BCUT2D eigenvalue weighted by Crippen LogP contribution is -2.39. The number of hydrogen-bond donors (Lipinski definition) is 1. The van der Waals surface area contributed by atoms with E-state index in [0.717, 1.165) is 22.4 Å². The van der Waals surface area contributed by atoms with E-state index in [4.69, 9.17) is 4.74 Å². The third-order valence-electron chi connectivity index (χ3n) is 6.76. The van der Waals surface area contributed by atoms with E-state index in [9.17, 15) is 19.2 Å². The Morgan fingerprint density at radius 3 is 2.27 bits per heavy atom. The molecule has 168 valence electrons. The molecule has 7 nitrogen and oxygen atoms in total. The molecule has 1 aliphatic heterocycles. The zero-order valence-corrected chi connectivity index (χ0v) is 18.2. The van der Waals surface area contributed by atoms with Gasteiger partial charge in [-0.15, -0.1) is 0 Å². The van der Waals surface area contributed by atoms with Crippen LogP contribution in [0.2, 0.25) is 0 Å². The van der Waals surface area contributed by atoms with Crippen LogP contribution in [0.15, 0.2) is 60.7 Å². The predicted octanol–water partition coefficient (Wildman–Crippen LogP) is 3.28. The van der Waals surface area contributed by atoms with Crippen LogP contribution in [0.4, 0.5) is 5.69 Å². The highest BCUT2D eigenvalue weighted by Gasteiger charge is 2.59. The number of amides is 3. The molecule has 2 aliphatic carbocycles. The minimum Gasteiger partial charge on any atom is -0.462 e. The molecule has 1 saturated carbocycles. The molecule has 5 rings (SSSR count). The van der Waals surface area contributed by atoms with E-state index >= 15 is 0 Å². The van der Waals surface area contributed by atoms with Gasteiger partial charge in [-0.1, -0.05) is 48.6 Å². The third-order valence-corrected chi connectivity index (χ3v) is 6.76. The Labute approximate surface area is 191 Å². The molecule has 3 amide bonds. The van der Waals surface area contributed by atoms with Gasteiger partial charge in [-0.2, -0.15) is 0 Å². The molecule has 1 heterocycles. The average Bonchev–Trinajstić information content (AvgIpc) is 3.50. The van der Waals surface area contributed by atoms with Crippen molar-refractivity contribution in [3.05, 3.63) is 66.2 Å². The number of benzene rings is 2. The summed E-state index contributed by atoms with van der Waals surface area (Å²) in [6, 6.07) is 14.7. The average molecular weight is 444 g/mol. The molecular weight excluding hydrogens is 420 g/mol. The van der Waals surface area contributed by atoms with Crippen LogP contribution >= 0.6 is 0 Å². The van der Waals surface area contributed by atoms with Crippen LogP contribution in [0.5, 0.6) is 0 Å². The quantitative estimate of drug-likeness (QED) is 0.419. The molecule has 4 unspecified atom stereocenters. The largest absolute Gasteiger partial charge is 0.462 e. The highest BCUT2D eigenvalue weighted by Crippen LogP contribution is 2.52. The van der Waals surface area contributed by atoms with Crippen LogP contribution in [0, 0.1) is 23.7 Å². The highest BCUT2D eigenvalue weighted by atomic mass is 16.5. The SMILES string of the molecule is CCOC(=O)c1cc(-c2ccccc2)ccc1NC(=O)CN1C(=O)C2C3C=CC(C3)C2C1=O. The molecule has 2 aromatic rings. The van der Waals surface area contributed by atoms with Gasteiger partial charge < -0.3 is 10.1 Å². The maximum absolute atomic E-state index is 12.9. The summed E-state index contributed by atoms with van der Waals surface area (Å²) in [7, 11) is 0. The summed E-state index contributed by atoms with van der Waals surface area (Å²) in [6.07, 6.45) is 4.87.